The van der Waals surface area contributed by atoms with Crippen molar-refractivity contribution in [2.75, 3.05) is 43.0 Å². The van der Waals surface area contributed by atoms with E-state index < -0.39 is 0 Å². The molecule has 2 fully saturated rings. The van der Waals surface area contributed by atoms with E-state index in [9.17, 15) is 0 Å². The third-order valence-corrected chi connectivity index (χ3v) is 4.16. The number of nitrogens with zero attached hydrogens (tertiary/aromatic N) is 4. The second-order valence-electron chi connectivity index (χ2n) is 5.55. The van der Waals surface area contributed by atoms with Gasteiger partial charge in [-0.1, -0.05) is 0 Å². The predicted molar refractivity (Wildman–Crippen MR) is 77.9 cm³/mol. The normalized spacial score (nSPS) is 23.4. The van der Waals surface area contributed by atoms with Gasteiger partial charge in [0.15, 0.2) is 0 Å². The third-order valence-electron chi connectivity index (χ3n) is 4.16. The zero-order chi connectivity index (χ0) is 13.2. The summed E-state index contributed by atoms with van der Waals surface area (Å²) in [6.07, 6.45) is 3.76. The summed E-state index contributed by atoms with van der Waals surface area (Å²) in [5.41, 5.74) is 0. The van der Waals surface area contributed by atoms with Crippen LogP contribution in [0.5, 0.6) is 0 Å². The van der Waals surface area contributed by atoms with Crippen LogP contribution in [-0.4, -0.2) is 49.2 Å². The van der Waals surface area contributed by atoms with Crippen LogP contribution in [0.4, 0.5) is 11.6 Å². The predicted octanol–water partition coefficient (Wildman–Crippen LogP) is 1.18. The number of hydrogen-bond acceptors (Lipinski definition) is 5. The third kappa shape index (κ3) is 2.66. The Bertz CT molecular complexity index is 441. The van der Waals surface area contributed by atoms with Crippen molar-refractivity contribution >= 4 is 11.6 Å². The molecule has 2 aliphatic heterocycles. The number of aromatic nitrogens is 2. The molecule has 0 aromatic carbocycles. The first-order chi connectivity index (χ1) is 9.26. The van der Waals surface area contributed by atoms with E-state index in [1.165, 1.54) is 19.3 Å². The topological polar surface area (TPSA) is 44.3 Å². The Morgan fingerprint density at radius 2 is 1.79 bits per heavy atom. The van der Waals surface area contributed by atoms with Crippen molar-refractivity contribution in [2.45, 2.75) is 32.2 Å². The van der Waals surface area contributed by atoms with Crippen LogP contribution < -0.4 is 15.1 Å². The molecular weight excluding hydrogens is 238 g/mol. The lowest BCUT2D eigenvalue weighted by Gasteiger charge is -2.22. The van der Waals surface area contributed by atoms with E-state index in [1.54, 1.807) is 0 Å². The maximum Gasteiger partial charge on any atom is 0.134 e. The Morgan fingerprint density at radius 3 is 2.42 bits per heavy atom. The van der Waals surface area contributed by atoms with Crippen molar-refractivity contribution in [1.82, 2.24) is 15.3 Å². The molecule has 1 aromatic rings. The first-order valence-corrected chi connectivity index (χ1v) is 7.29. The van der Waals surface area contributed by atoms with Crippen LogP contribution in [0.2, 0.25) is 0 Å². The van der Waals surface area contributed by atoms with E-state index in [0.29, 0.717) is 6.04 Å². The molecule has 1 aromatic heterocycles. The molecule has 0 aliphatic carbocycles. The fraction of sp³-hybridized carbons (Fsp3) is 0.714. The lowest BCUT2D eigenvalue weighted by molar-refractivity contribution is 0.616. The zero-order valence-electron chi connectivity index (χ0n) is 11.9. The van der Waals surface area contributed by atoms with Crippen LogP contribution in [-0.2, 0) is 0 Å². The van der Waals surface area contributed by atoms with Gasteiger partial charge in [0.05, 0.1) is 0 Å². The first-order valence-electron chi connectivity index (χ1n) is 7.29. The van der Waals surface area contributed by atoms with Gasteiger partial charge in [-0.2, -0.15) is 0 Å². The van der Waals surface area contributed by atoms with E-state index in [1.807, 2.05) is 14.0 Å². The van der Waals surface area contributed by atoms with Crippen molar-refractivity contribution in [3.63, 3.8) is 0 Å². The van der Waals surface area contributed by atoms with Gasteiger partial charge >= 0.3 is 0 Å². The van der Waals surface area contributed by atoms with Gasteiger partial charge in [0.25, 0.3) is 0 Å². The van der Waals surface area contributed by atoms with Crippen LogP contribution >= 0.6 is 0 Å². The largest absolute Gasteiger partial charge is 0.356 e. The quantitative estimate of drug-likeness (QED) is 0.885. The summed E-state index contributed by atoms with van der Waals surface area (Å²) < 4.78 is 0. The summed E-state index contributed by atoms with van der Waals surface area (Å²) in [4.78, 5) is 14.0. The van der Waals surface area contributed by atoms with E-state index >= 15 is 0 Å². The lowest BCUT2D eigenvalue weighted by atomic mass is 10.3. The van der Waals surface area contributed by atoms with Gasteiger partial charge < -0.3 is 15.1 Å². The van der Waals surface area contributed by atoms with Gasteiger partial charge in [-0.25, -0.2) is 9.97 Å². The summed E-state index contributed by atoms with van der Waals surface area (Å²) >= 11 is 0. The second kappa shape index (κ2) is 5.33. The van der Waals surface area contributed by atoms with Crippen LogP contribution in [0.15, 0.2) is 6.07 Å². The Kier molecular flexibility index (Phi) is 3.55. The molecule has 5 heteroatoms. The molecule has 19 heavy (non-hydrogen) atoms. The highest BCUT2D eigenvalue weighted by atomic mass is 15.3. The van der Waals surface area contributed by atoms with Crippen LogP contribution in [0, 0.1) is 6.92 Å². The number of likely N-dealkylation sites (N-methyl/N-ethyl adjacent to an activating group) is 1. The second-order valence-corrected chi connectivity index (χ2v) is 5.55. The minimum Gasteiger partial charge on any atom is -0.356 e. The number of anilines is 2. The molecule has 0 spiro atoms. The summed E-state index contributed by atoms with van der Waals surface area (Å²) in [7, 11) is 2.04. The summed E-state index contributed by atoms with van der Waals surface area (Å²) in [6.45, 7) is 6.40. The van der Waals surface area contributed by atoms with Crippen LogP contribution in [0.3, 0.4) is 0 Å². The standard InChI is InChI=1S/C14H23N5/c1-11-16-13(18-6-3-4-7-18)9-14(17-11)19-8-5-12(10-19)15-2/h9,12,15H,3-8,10H2,1-2H3. The molecule has 3 heterocycles. The van der Waals surface area contributed by atoms with Gasteiger partial charge in [-0.3, -0.25) is 0 Å². The smallest absolute Gasteiger partial charge is 0.134 e. The van der Waals surface area contributed by atoms with Gasteiger partial charge in [-0.15, -0.1) is 0 Å². The van der Waals surface area contributed by atoms with Gasteiger partial charge in [0, 0.05) is 38.3 Å². The summed E-state index contributed by atoms with van der Waals surface area (Å²) in [5, 5.41) is 3.35. The molecule has 5 nitrogen and oxygen atoms in total. The average molecular weight is 261 g/mol. The fourth-order valence-corrected chi connectivity index (χ4v) is 3.01. The Hall–Kier alpha value is -1.36. The number of rotatable bonds is 3. The van der Waals surface area contributed by atoms with Crippen molar-refractivity contribution in [3.05, 3.63) is 11.9 Å². The first kappa shape index (κ1) is 12.7. The molecule has 0 radical (unpaired) electrons. The van der Waals surface area contributed by atoms with Crippen molar-refractivity contribution in [2.24, 2.45) is 0 Å². The van der Waals surface area contributed by atoms with Gasteiger partial charge in [-0.05, 0) is 33.2 Å². The van der Waals surface area contributed by atoms with Crippen molar-refractivity contribution < 1.29 is 0 Å². The maximum absolute atomic E-state index is 4.62. The Balaban J connectivity index is 1.81. The SMILES string of the molecule is CNC1CCN(c2cc(N3CCCC3)nc(C)n2)C1. The minimum absolute atomic E-state index is 0.588. The van der Waals surface area contributed by atoms with Crippen molar-refractivity contribution in [3.8, 4) is 0 Å². The number of nitrogens with one attached hydrogen (secondary N) is 1. The van der Waals surface area contributed by atoms with Crippen LogP contribution in [0.1, 0.15) is 25.1 Å². The Morgan fingerprint density at radius 1 is 1.11 bits per heavy atom. The van der Waals surface area contributed by atoms with Gasteiger partial charge in [0.1, 0.15) is 17.5 Å². The fourth-order valence-electron chi connectivity index (χ4n) is 3.01. The van der Waals surface area contributed by atoms with E-state index in [4.69, 9.17) is 0 Å². The molecule has 104 valence electrons. The van der Waals surface area contributed by atoms with E-state index in [0.717, 1.165) is 43.6 Å². The molecule has 3 rings (SSSR count). The molecule has 0 saturated carbocycles. The molecule has 2 aliphatic rings. The molecule has 0 bridgehead atoms. The van der Waals surface area contributed by atoms with E-state index in [-0.39, 0.29) is 0 Å². The van der Waals surface area contributed by atoms with Crippen LogP contribution in [0.25, 0.3) is 0 Å². The molecule has 2 saturated heterocycles. The lowest BCUT2D eigenvalue weighted by Crippen LogP contribution is -2.30. The monoisotopic (exact) mass is 261 g/mol. The molecule has 1 unspecified atom stereocenters. The number of aryl methyl sites for hydroxylation is 1. The highest BCUT2D eigenvalue weighted by molar-refractivity contribution is 5.52. The zero-order valence-corrected chi connectivity index (χ0v) is 11.9. The van der Waals surface area contributed by atoms with Crippen molar-refractivity contribution in [1.29, 1.82) is 0 Å². The average Bonchev–Trinajstić information content (AvgIpc) is 3.09. The van der Waals surface area contributed by atoms with E-state index in [2.05, 4.69) is 31.2 Å². The highest BCUT2D eigenvalue weighted by Gasteiger charge is 2.23. The highest BCUT2D eigenvalue weighted by Crippen LogP contribution is 2.24. The molecular formula is C14H23N5. The summed E-state index contributed by atoms with van der Waals surface area (Å²) in [6, 6.07) is 2.75. The minimum atomic E-state index is 0.588. The molecule has 0 amide bonds. The maximum atomic E-state index is 4.62. The summed E-state index contributed by atoms with van der Waals surface area (Å²) in [5.74, 6) is 3.08. The van der Waals surface area contributed by atoms with Gasteiger partial charge in [0.2, 0.25) is 0 Å². The molecule has 1 N–H and O–H groups in total. The molecule has 1 atom stereocenters. The number of hydrogen-bond donors (Lipinski definition) is 1. The Labute approximate surface area is 115 Å².